The van der Waals surface area contributed by atoms with Gasteiger partial charge in [-0.3, -0.25) is 0 Å². The highest BCUT2D eigenvalue weighted by molar-refractivity contribution is 7.90. The predicted molar refractivity (Wildman–Crippen MR) is 73.1 cm³/mol. The molecule has 2 unspecified atom stereocenters. The van der Waals surface area contributed by atoms with Gasteiger partial charge in [-0.25, -0.2) is 13.1 Å². The summed E-state index contributed by atoms with van der Waals surface area (Å²) in [6, 6.07) is 0.290. The van der Waals surface area contributed by atoms with Crippen molar-refractivity contribution < 1.29 is 13.2 Å². The highest BCUT2D eigenvalue weighted by atomic mass is 32.2. The number of hydrogen-bond donors (Lipinski definition) is 2. The van der Waals surface area contributed by atoms with Crippen LogP contribution in [0.2, 0.25) is 0 Å². The van der Waals surface area contributed by atoms with Crippen LogP contribution >= 0.6 is 0 Å². The maximum Gasteiger partial charge on any atom is 0.215 e. The molecule has 0 radical (unpaired) electrons. The molecule has 1 aliphatic rings. The second-order valence-corrected chi connectivity index (χ2v) is 7.83. The van der Waals surface area contributed by atoms with Crippen molar-refractivity contribution in [3.05, 3.63) is 0 Å². The fourth-order valence-electron chi connectivity index (χ4n) is 1.88. The molecule has 2 atom stereocenters. The van der Waals surface area contributed by atoms with Crippen LogP contribution in [0, 0.1) is 0 Å². The van der Waals surface area contributed by atoms with Gasteiger partial charge in [0.25, 0.3) is 0 Å². The van der Waals surface area contributed by atoms with Crippen LogP contribution in [0.4, 0.5) is 0 Å². The first-order chi connectivity index (χ1) is 8.25. The summed E-state index contributed by atoms with van der Waals surface area (Å²) in [6.45, 7) is 9.23. The molecule has 5 nitrogen and oxygen atoms in total. The van der Waals surface area contributed by atoms with Crippen molar-refractivity contribution in [2.45, 2.75) is 57.4 Å². The molecule has 0 aromatic heterocycles. The molecule has 0 saturated carbocycles. The Labute approximate surface area is 111 Å². The number of sulfonamides is 1. The molecule has 108 valence electrons. The molecule has 1 fully saturated rings. The average Bonchev–Trinajstić information content (AvgIpc) is 2.71. The molecule has 1 aliphatic heterocycles. The van der Waals surface area contributed by atoms with E-state index in [2.05, 4.69) is 10.0 Å². The standard InChI is InChI=1S/C12H26N2O3S/c1-10(2)13-8-11(3)18(15,16)14-9-12(4)6-5-7-17-12/h10-11,13-14H,5-9H2,1-4H3. The van der Waals surface area contributed by atoms with E-state index in [0.717, 1.165) is 19.4 Å². The second kappa shape index (κ2) is 6.32. The number of ether oxygens (including phenoxy) is 1. The molecule has 0 amide bonds. The van der Waals surface area contributed by atoms with Crippen LogP contribution in [-0.2, 0) is 14.8 Å². The molecule has 0 aliphatic carbocycles. The van der Waals surface area contributed by atoms with Gasteiger partial charge in [-0.15, -0.1) is 0 Å². The van der Waals surface area contributed by atoms with Gasteiger partial charge in [0.15, 0.2) is 0 Å². The normalized spacial score (nSPS) is 26.7. The summed E-state index contributed by atoms with van der Waals surface area (Å²) >= 11 is 0. The van der Waals surface area contributed by atoms with E-state index in [1.54, 1.807) is 6.92 Å². The van der Waals surface area contributed by atoms with Crippen LogP contribution in [0.3, 0.4) is 0 Å². The van der Waals surface area contributed by atoms with Crippen LogP contribution in [0.25, 0.3) is 0 Å². The van der Waals surface area contributed by atoms with Gasteiger partial charge in [-0.2, -0.15) is 0 Å². The van der Waals surface area contributed by atoms with Crippen molar-refractivity contribution >= 4 is 10.0 Å². The zero-order valence-electron chi connectivity index (χ0n) is 11.8. The van der Waals surface area contributed by atoms with E-state index >= 15 is 0 Å². The van der Waals surface area contributed by atoms with Gasteiger partial charge in [0.2, 0.25) is 10.0 Å². The van der Waals surface area contributed by atoms with E-state index in [-0.39, 0.29) is 5.60 Å². The maximum absolute atomic E-state index is 12.0. The first kappa shape index (κ1) is 15.9. The molecule has 2 N–H and O–H groups in total. The molecule has 6 heteroatoms. The summed E-state index contributed by atoms with van der Waals surface area (Å²) < 4.78 is 32.3. The lowest BCUT2D eigenvalue weighted by molar-refractivity contribution is 0.0250. The van der Waals surface area contributed by atoms with Gasteiger partial charge >= 0.3 is 0 Å². The largest absolute Gasteiger partial charge is 0.374 e. The summed E-state index contributed by atoms with van der Waals surface area (Å²) in [6.07, 6.45) is 1.91. The van der Waals surface area contributed by atoms with Crippen LogP contribution in [0.15, 0.2) is 0 Å². The smallest absolute Gasteiger partial charge is 0.215 e. The van der Waals surface area contributed by atoms with E-state index in [1.807, 2.05) is 20.8 Å². The van der Waals surface area contributed by atoms with E-state index in [1.165, 1.54) is 0 Å². The highest BCUT2D eigenvalue weighted by Gasteiger charge is 2.32. The Kier molecular flexibility index (Phi) is 5.58. The predicted octanol–water partition coefficient (Wildman–Crippen LogP) is 0.861. The zero-order valence-corrected chi connectivity index (χ0v) is 12.6. The molecular weight excluding hydrogens is 252 g/mol. The first-order valence-corrected chi connectivity index (χ1v) is 8.16. The quantitative estimate of drug-likeness (QED) is 0.725. The fraction of sp³-hybridized carbons (Fsp3) is 1.00. The number of nitrogens with one attached hydrogen (secondary N) is 2. The van der Waals surface area contributed by atoms with Crippen molar-refractivity contribution in [2.24, 2.45) is 0 Å². The van der Waals surface area contributed by atoms with Crippen molar-refractivity contribution in [2.75, 3.05) is 19.7 Å². The van der Waals surface area contributed by atoms with E-state index < -0.39 is 15.3 Å². The highest BCUT2D eigenvalue weighted by Crippen LogP contribution is 2.24. The Hall–Kier alpha value is -0.170. The summed E-state index contributed by atoms with van der Waals surface area (Å²) in [5.74, 6) is 0. The van der Waals surface area contributed by atoms with Gasteiger partial charge < -0.3 is 10.1 Å². The molecule has 1 heterocycles. The molecule has 1 rings (SSSR count). The molecule has 0 aromatic carbocycles. The lowest BCUT2D eigenvalue weighted by Gasteiger charge is -2.25. The molecule has 18 heavy (non-hydrogen) atoms. The Morgan fingerprint density at radius 2 is 2.00 bits per heavy atom. The van der Waals surface area contributed by atoms with Crippen molar-refractivity contribution in [3.8, 4) is 0 Å². The molecule has 0 aromatic rings. The van der Waals surface area contributed by atoms with Crippen LogP contribution < -0.4 is 10.0 Å². The Morgan fingerprint density at radius 1 is 1.33 bits per heavy atom. The lowest BCUT2D eigenvalue weighted by Crippen LogP contribution is -2.46. The van der Waals surface area contributed by atoms with Crippen LogP contribution in [0.5, 0.6) is 0 Å². The van der Waals surface area contributed by atoms with Gasteiger partial charge in [-0.1, -0.05) is 13.8 Å². The van der Waals surface area contributed by atoms with Gasteiger partial charge in [0.05, 0.1) is 10.9 Å². The van der Waals surface area contributed by atoms with Crippen LogP contribution in [0.1, 0.15) is 40.5 Å². The fourth-order valence-corrected chi connectivity index (χ4v) is 2.99. The summed E-state index contributed by atoms with van der Waals surface area (Å²) in [5, 5.41) is 2.70. The minimum Gasteiger partial charge on any atom is -0.374 e. The van der Waals surface area contributed by atoms with E-state index in [4.69, 9.17) is 4.74 Å². The molecule has 1 saturated heterocycles. The van der Waals surface area contributed by atoms with Crippen molar-refractivity contribution in [1.82, 2.24) is 10.0 Å². The van der Waals surface area contributed by atoms with Crippen molar-refractivity contribution in [1.29, 1.82) is 0 Å². The van der Waals surface area contributed by atoms with Gasteiger partial charge in [0.1, 0.15) is 0 Å². The summed E-state index contributed by atoms with van der Waals surface area (Å²) in [4.78, 5) is 0. The summed E-state index contributed by atoms with van der Waals surface area (Å²) in [7, 11) is -3.27. The SMILES string of the molecule is CC(C)NCC(C)S(=O)(=O)NCC1(C)CCCO1. The van der Waals surface area contributed by atoms with Gasteiger partial charge in [0, 0.05) is 25.7 Å². The maximum atomic E-state index is 12.0. The average molecular weight is 278 g/mol. The van der Waals surface area contributed by atoms with Gasteiger partial charge in [-0.05, 0) is 26.7 Å². The van der Waals surface area contributed by atoms with Crippen molar-refractivity contribution in [3.63, 3.8) is 0 Å². The third kappa shape index (κ3) is 4.84. The Morgan fingerprint density at radius 3 is 2.50 bits per heavy atom. The minimum atomic E-state index is -3.27. The van der Waals surface area contributed by atoms with E-state index in [0.29, 0.717) is 19.1 Å². The minimum absolute atomic E-state index is 0.290. The first-order valence-electron chi connectivity index (χ1n) is 6.61. The Bertz CT molecular complexity index is 348. The number of hydrogen-bond acceptors (Lipinski definition) is 4. The lowest BCUT2D eigenvalue weighted by atomic mass is 10.0. The molecular formula is C12H26N2O3S. The van der Waals surface area contributed by atoms with E-state index in [9.17, 15) is 8.42 Å². The molecule has 0 spiro atoms. The molecule has 0 bridgehead atoms. The number of rotatable bonds is 7. The monoisotopic (exact) mass is 278 g/mol. The topological polar surface area (TPSA) is 67.4 Å². The zero-order chi connectivity index (χ0) is 13.8. The summed E-state index contributed by atoms with van der Waals surface area (Å²) in [5.41, 5.74) is -0.335. The third-order valence-corrected chi connectivity index (χ3v) is 5.06. The second-order valence-electron chi connectivity index (χ2n) is 5.64. The Balaban J connectivity index is 2.43. The van der Waals surface area contributed by atoms with Crippen LogP contribution in [-0.4, -0.2) is 45.0 Å². The third-order valence-electron chi connectivity index (χ3n) is 3.29.